The van der Waals surface area contributed by atoms with E-state index >= 15 is 0 Å². The van der Waals surface area contributed by atoms with Gasteiger partial charge in [-0.3, -0.25) is 5.84 Å². The second kappa shape index (κ2) is 5.17. The lowest BCUT2D eigenvalue weighted by Gasteiger charge is -2.17. The Morgan fingerprint density at radius 3 is 2.64 bits per heavy atom. The predicted octanol–water partition coefficient (Wildman–Crippen LogP) is 1.03. The van der Waals surface area contributed by atoms with E-state index in [1.165, 1.54) is 0 Å². The maximum absolute atomic E-state index is 6.04. The van der Waals surface area contributed by atoms with Crippen LogP contribution in [0.2, 0.25) is 5.02 Å². The molecule has 1 rings (SSSR count). The van der Waals surface area contributed by atoms with Gasteiger partial charge in [0.15, 0.2) is 0 Å². The third-order valence-corrected chi connectivity index (χ3v) is 2.30. The summed E-state index contributed by atoms with van der Waals surface area (Å²) in [6.07, 6.45) is -0.159. The standard InChI is InChI=1S/C9H14ClN3O/c1-12-9(13-11)7-4-3-6(14-2)5-8(7)10/h3-5,9,12-13H,11H2,1-2H3. The lowest BCUT2D eigenvalue weighted by Crippen LogP contribution is -2.36. The lowest BCUT2D eigenvalue weighted by atomic mass is 10.1. The molecule has 0 saturated heterocycles. The molecule has 0 spiro atoms. The van der Waals surface area contributed by atoms with Crippen molar-refractivity contribution in [3.8, 4) is 5.75 Å². The quantitative estimate of drug-likeness (QED) is 0.399. The van der Waals surface area contributed by atoms with Crippen molar-refractivity contribution < 1.29 is 4.74 Å². The van der Waals surface area contributed by atoms with Crippen LogP contribution in [0.4, 0.5) is 0 Å². The summed E-state index contributed by atoms with van der Waals surface area (Å²) in [6, 6.07) is 5.45. The molecule has 0 aromatic heterocycles. The van der Waals surface area contributed by atoms with Crippen LogP contribution in [0, 0.1) is 0 Å². The summed E-state index contributed by atoms with van der Waals surface area (Å²) in [5.74, 6) is 6.08. The fraction of sp³-hybridized carbons (Fsp3) is 0.333. The Labute approximate surface area is 88.4 Å². The molecular formula is C9H14ClN3O. The number of nitrogens with one attached hydrogen (secondary N) is 2. The zero-order chi connectivity index (χ0) is 10.6. The highest BCUT2D eigenvalue weighted by Crippen LogP contribution is 2.25. The Bertz CT molecular complexity index is 302. The van der Waals surface area contributed by atoms with Crippen LogP contribution in [0.3, 0.4) is 0 Å². The zero-order valence-corrected chi connectivity index (χ0v) is 8.93. The van der Waals surface area contributed by atoms with Crippen LogP contribution < -0.4 is 21.3 Å². The minimum absolute atomic E-state index is 0.159. The number of ether oxygens (including phenoxy) is 1. The van der Waals surface area contributed by atoms with Gasteiger partial charge in [0.1, 0.15) is 5.75 Å². The lowest BCUT2D eigenvalue weighted by molar-refractivity contribution is 0.414. The molecule has 1 aromatic carbocycles. The molecule has 0 aliphatic heterocycles. The van der Waals surface area contributed by atoms with E-state index in [0.717, 1.165) is 11.3 Å². The van der Waals surface area contributed by atoms with Gasteiger partial charge < -0.3 is 10.1 Å². The molecule has 5 heteroatoms. The predicted molar refractivity (Wildman–Crippen MR) is 57.1 cm³/mol. The van der Waals surface area contributed by atoms with Gasteiger partial charge >= 0.3 is 0 Å². The second-order valence-electron chi connectivity index (χ2n) is 2.78. The van der Waals surface area contributed by atoms with E-state index in [2.05, 4.69) is 10.7 Å². The van der Waals surface area contributed by atoms with Gasteiger partial charge in [-0.05, 0) is 19.2 Å². The molecule has 1 unspecified atom stereocenters. The van der Waals surface area contributed by atoms with Crippen LogP contribution in [0.5, 0.6) is 5.75 Å². The van der Waals surface area contributed by atoms with Gasteiger partial charge in [-0.1, -0.05) is 17.7 Å². The van der Waals surface area contributed by atoms with Crippen LogP contribution in [0.1, 0.15) is 11.7 Å². The van der Waals surface area contributed by atoms with Crippen LogP contribution in [0.15, 0.2) is 18.2 Å². The average molecular weight is 216 g/mol. The maximum atomic E-state index is 6.04. The summed E-state index contributed by atoms with van der Waals surface area (Å²) in [5.41, 5.74) is 3.50. The van der Waals surface area contributed by atoms with Crippen molar-refractivity contribution in [2.45, 2.75) is 6.17 Å². The minimum Gasteiger partial charge on any atom is -0.497 e. The van der Waals surface area contributed by atoms with E-state index in [-0.39, 0.29) is 6.17 Å². The zero-order valence-electron chi connectivity index (χ0n) is 8.17. The molecule has 0 aliphatic carbocycles. The Morgan fingerprint density at radius 2 is 2.21 bits per heavy atom. The monoisotopic (exact) mass is 215 g/mol. The van der Waals surface area contributed by atoms with Gasteiger partial charge in [-0.2, -0.15) is 0 Å². The molecule has 0 bridgehead atoms. The van der Waals surface area contributed by atoms with Crippen LogP contribution in [0.25, 0.3) is 0 Å². The molecular weight excluding hydrogens is 202 g/mol. The number of hydrogen-bond donors (Lipinski definition) is 3. The van der Waals surface area contributed by atoms with Crippen LogP contribution in [-0.4, -0.2) is 14.2 Å². The van der Waals surface area contributed by atoms with Crippen molar-refractivity contribution in [3.05, 3.63) is 28.8 Å². The Balaban J connectivity index is 2.98. The topological polar surface area (TPSA) is 59.3 Å². The fourth-order valence-electron chi connectivity index (χ4n) is 1.20. The van der Waals surface area contributed by atoms with Crippen molar-refractivity contribution in [1.82, 2.24) is 10.7 Å². The van der Waals surface area contributed by atoms with Gasteiger partial charge in [-0.25, -0.2) is 5.43 Å². The Hall–Kier alpha value is -0.810. The molecule has 0 aliphatic rings. The average Bonchev–Trinajstić information content (AvgIpc) is 2.22. The number of halogens is 1. The molecule has 4 nitrogen and oxygen atoms in total. The number of hydrogen-bond acceptors (Lipinski definition) is 4. The molecule has 78 valence electrons. The third kappa shape index (κ3) is 2.36. The van der Waals surface area contributed by atoms with E-state index in [4.69, 9.17) is 22.2 Å². The van der Waals surface area contributed by atoms with E-state index in [1.807, 2.05) is 12.1 Å². The van der Waals surface area contributed by atoms with Crippen molar-refractivity contribution >= 4 is 11.6 Å². The van der Waals surface area contributed by atoms with Gasteiger partial charge in [-0.15, -0.1) is 0 Å². The van der Waals surface area contributed by atoms with Crippen molar-refractivity contribution in [1.29, 1.82) is 0 Å². The number of nitrogens with two attached hydrogens (primary N) is 1. The highest BCUT2D eigenvalue weighted by Gasteiger charge is 2.10. The Morgan fingerprint density at radius 1 is 1.50 bits per heavy atom. The molecule has 0 radical (unpaired) electrons. The normalized spacial score (nSPS) is 12.6. The van der Waals surface area contributed by atoms with Crippen molar-refractivity contribution in [3.63, 3.8) is 0 Å². The van der Waals surface area contributed by atoms with Gasteiger partial charge in [0.25, 0.3) is 0 Å². The molecule has 0 fully saturated rings. The van der Waals surface area contributed by atoms with E-state index in [1.54, 1.807) is 20.2 Å². The van der Waals surface area contributed by atoms with Crippen LogP contribution in [-0.2, 0) is 0 Å². The Kier molecular flexibility index (Phi) is 4.16. The number of rotatable bonds is 4. The third-order valence-electron chi connectivity index (χ3n) is 1.97. The summed E-state index contributed by atoms with van der Waals surface area (Å²) < 4.78 is 5.04. The number of hydrazine groups is 1. The molecule has 1 aromatic rings. The van der Waals surface area contributed by atoms with Gasteiger partial charge in [0.05, 0.1) is 18.3 Å². The fourth-order valence-corrected chi connectivity index (χ4v) is 1.48. The molecule has 0 amide bonds. The first-order valence-corrected chi connectivity index (χ1v) is 4.57. The summed E-state index contributed by atoms with van der Waals surface area (Å²) in [5, 5.41) is 3.60. The highest BCUT2D eigenvalue weighted by atomic mass is 35.5. The summed E-state index contributed by atoms with van der Waals surface area (Å²) >= 11 is 6.04. The summed E-state index contributed by atoms with van der Waals surface area (Å²) in [6.45, 7) is 0. The summed E-state index contributed by atoms with van der Waals surface area (Å²) in [4.78, 5) is 0. The maximum Gasteiger partial charge on any atom is 0.120 e. The summed E-state index contributed by atoms with van der Waals surface area (Å²) in [7, 11) is 3.40. The first-order chi connectivity index (χ1) is 6.72. The SMILES string of the molecule is CNC(NN)c1ccc(OC)cc1Cl. The van der Waals surface area contributed by atoms with Gasteiger partial charge in [0.2, 0.25) is 0 Å². The first-order valence-electron chi connectivity index (χ1n) is 4.19. The van der Waals surface area contributed by atoms with E-state index in [0.29, 0.717) is 5.02 Å². The number of methoxy groups -OCH3 is 1. The molecule has 4 N–H and O–H groups in total. The largest absolute Gasteiger partial charge is 0.497 e. The molecule has 14 heavy (non-hydrogen) atoms. The highest BCUT2D eigenvalue weighted by molar-refractivity contribution is 6.31. The van der Waals surface area contributed by atoms with E-state index in [9.17, 15) is 0 Å². The van der Waals surface area contributed by atoms with E-state index < -0.39 is 0 Å². The molecule has 0 heterocycles. The van der Waals surface area contributed by atoms with Crippen LogP contribution >= 0.6 is 11.6 Å². The smallest absolute Gasteiger partial charge is 0.120 e. The molecule has 0 saturated carbocycles. The van der Waals surface area contributed by atoms with Gasteiger partial charge in [0, 0.05) is 5.56 Å². The molecule has 1 atom stereocenters. The number of benzene rings is 1. The van der Waals surface area contributed by atoms with Crippen molar-refractivity contribution in [2.75, 3.05) is 14.2 Å². The minimum atomic E-state index is -0.159. The second-order valence-corrected chi connectivity index (χ2v) is 3.18. The van der Waals surface area contributed by atoms with Crippen molar-refractivity contribution in [2.24, 2.45) is 5.84 Å². The first kappa shape index (κ1) is 11.3.